The summed E-state index contributed by atoms with van der Waals surface area (Å²) in [6.07, 6.45) is 0. The molecule has 0 unspecified atom stereocenters. The lowest BCUT2D eigenvalue weighted by molar-refractivity contribution is 0.436. The fraction of sp³-hybridized carbons (Fsp3) is 0.105. The van der Waals surface area contributed by atoms with Crippen molar-refractivity contribution >= 4 is 33.5 Å². The second-order valence-corrected chi connectivity index (χ2v) is 11.4. The third kappa shape index (κ3) is 2.23. The molecule has 2 aliphatic heterocycles. The van der Waals surface area contributed by atoms with Gasteiger partial charge in [0.15, 0.2) is 0 Å². The standard InChI is InChI=1S/C38H28N2/c1-39-32-21-7-3-15-26(32)37(27-16-4-8-22-33(27)39)30-19-11-13-25-14-12-20-31(36(25)30)38(37)28-17-5-9-23-34(28)40(2)35-24-10-6-18-29(35)38/h3-24H,1-2H3. The average Bonchev–Trinajstić information content (AvgIpc) is 3.28. The zero-order chi connectivity index (χ0) is 26.6. The van der Waals surface area contributed by atoms with Crippen molar-refractivity contribution in [3.8, 4) is 0 Å². The van der Waals surface area contributed by atoms with Crippen molar-refractivity contribution in [3.05, 3.63) is 167 Å². The smallest absolute Gasteiger partial charge is 0.0678 e. The summed E-state index contributed by atoms with van der Waals surface area (Å²) in [4.78, 5) is 4.78. The Morgan fingerprint density at radius 3 is 1.00 bits per heavy atom. The van der Waals surface area contributed by atoms with Crippen LogP contribution in [0.3, 0.4) is 0 Å². The van der Waals surface area contributed by atoms with Gasteiger partial charge in [0, 0.05) is 36.8 Å². The van der Waals surface area contributed by atoms with E-state index in [2.05, 4.69) is 157 Å². The topological polar surface area (TPSA) is 6.48 Å². The predicted molar refractivity (Wildman–Crippen MR) is 166 cm³/mol. The van der Waals surface area contributed by atoms with E-state index < -0.39 is 10.8 Å². The molecule has 2 spiro atoms. The van der Waals surface area contributed by atoms with Gasteiger partial charge in [-0.15, -0.1) is 0 Å². The van der Waals surface area contributed by atoms with Crippen LogP contribution in [0.4, 0.5) is 22.7 Å². The minimum atomic E-state index is -0.483. The number of anilines is 4. The van der Waals surface area contributed by atoms with Crippen LogP contribution in [0, 0.1) is 0 Å². The van der Waals surface area contributed by atoms with Crippen LogP contribution in [-0.2, 0) is 10.8 Å². The first-order chi connectivity index (χ1) is 19.7. The summed E-state index contributed by atoms with van der Waals surface area (Å²) in [6.45, 7) is 0. The van der Waals surface area contributed by atoms with E-state index in [1.54, 1.807) is 0 Å². The lowest BCUT2D eigenvalue weighted by Crippen LogP contribution is -2.54. The van der Waals surface area contributed by atoms with Crippen LogP contribution in [0.15, 0.2) is 133 Å². The molecule has 3 aliphatic rings. The van der Waals surface area contributed by atoms with Crippen molar-refractivity contribution < 1.29 is 0 Å². The number of rotatable bonds is 0. The molecular weight excluding hydrogens is 484 g/mol. The molecule has 0 saturated carbocycles. The van der Waals surface area contributed by atoms with Crippen LogP contribution < -0.4 is 9.80 Å². The SMILES string of the molecule is CN1c2ccccc2C2(c3ccccc31)c1cccc3cccc(c13)C21c2ccccc2N(C)c2ccccc21. The van der Waals surface area contributed by atoms with E-state index in [0.717, 1.165) is 0 Å². The molecule has 9 rings (SSSR count). The lowest BCUT2D eigenvalue weighted by atomic mass is 9.48. The molecule has 0 bridgehead atoms. The monoisotopic (exact) mass is 512 g/mol. The first-order valence-corrected chi connectivity index (χ1v) is 14.1. The number of hydrogen-bond donors (Lipinski definition) is 0. The molecular formula is C38H28N2. The van der Waals surface area contributed by atoms with Gasteiger partial charge in [0.2, 0.25) is 0 Å². The molecule has 40 heavy (non-hydrogen) atoms. The van der Waals surface area contributed by atoms with E-state index in [4.69, 9.17) is 0 Å². The summed E-state index contributed by atoms with van der Waals surface area (Å²) in [5.41, 5.74) is 12.3. The Kier molecular flexibility index (Phi) is 4.09. The van der Waals surface area contributed by atoms with Crippen LogP contribution in [0.25, 0.3) is 10.8 Å². The largest absolute Gasteiger partial charge is 0.344 e. The summed E-state index contributed by atoms with van der Waals surface area (Å²) in [5.74, 6) is 0. The van der Waals surface area contributed by atoms with E-state index in [0.29, 0.717) is 0 Å². The highest BCUT2D eigenvalue weighted by atomic mass is 15.1. The van der Waals surface area contributed by atoms with Gasteiger partial charge in [-0.2, -0.15) is 0 Å². The quantitative estimate of drug-likeness (QED) is 0.201. The molecule has 190 valence electrons. The molecule has 0 saturated heterocycles. The van der Waals surface area contributed by atoms with Crippen molar-refractivity contribution in [1.82, 2.24) is 0 Å². The fourth-order valence-electron chi connectivity index (χ4n) is 8.64. The minimum absolute atomic E-state index is 0.483. The maximum Gasteiger partial charge on any atom is 0.0678 e. The molecule has 0 N–H and O–H groups in total. The van der Waals surface area contributed by atoms with Gasteiger partial charge < -0.3 is 9.80 Å². The van der Waals surface area contributed by atoms with Crippen LogP contribution in [0.5, 0.6) is 0 Å². The highest BCUT2D eigenvalue weighted by Gasteiger charge is 2.67. The van der Waals surface area contributed by atoms with Crippen molar-refractivity contribution in [1.29, 1.82) is 0 Å². The number of fused-ring (bicyclic) bond motifs is 11. The van der Waals surface area contributed by atoms with Crippen LogP contribution >= 0.6 is 0 Å². The van der Waals surface area contributed by atoms with Gasteiger partial charge in [-0.05, 0) is 68.4 Å². The average molecular weight is 513 g/mol. The maximum absolute atomic E-state index is 2.41. The Bertz CT molecular complexity index is 1780. The van der Waals surface area contributed by atoms with Crippen molar-refractivity contribution in [2.45, 2.75) is 10.8 Å². The van der Waals surface area contributed by atoms with E-state index in [-0.39, 0.29) is 0 Å². The molecule has 0 aromatic heterocycles. The Morgan fingerprint density at radius 2 is 0.650 bits per heavy atom. The van der Waals surface area contributed by atoms with Crippen LogP contribution in [0.1, 0.15) is 33.4 Å². The number of para-hydroxylation sites is 4. The predicted octanol–water partition coefficient (Wildman–Crippen LogP) is 8.68. The van der Waals surface area contributed by atoms with Gasteiger partial charge in [0.1, 0.15) is 0 Å². The molecule has 6 aromatic rings. The zero-order valence-electron chi connectivity index (χ0n) is 22.6. The Hall–Kier alpha value is -4.82. The van der Waals surface area contributed by atoms with E-state index in [9.17, 15) is 0 Å². The fourth-order valence-corrected chi connectivity index (χ4v) is 8.64. The van der Waals surface area contributed by atoms with Gasteiger partial charge >= 0.3 is 0 Å². The van der Waals surface area contributed by atoms with E-state index >= 15 is 0 Å². The number of nitrogens with zero attached hydrogens (tertiary/aromatic N) is 2. The van der Waals surface area contributed by atoms with Crippen LogP contribution in [-0.4, -0.2) is 14.1 Å². The molecule has 2 heterocycles. The summed E-state index contributed by atoms with van der Waals surface area (Å²) in [6, 6.07) is 50.3. The highest BCUT2D eigenvalue weighted by molar-refractivity contribution is 6.03. The summed E-state index contributed by atoms with van der Waals surface area (Å²) >= 11 is 0. The summed E-state index contributed by atoms with van der Waals surface area (Å²) in [7, 11) is 4.44. The van der Waals surface area contributed by atoms with Gasteiger partial charge in [0.25, 0.3) is 0 Å². The van der Waals surface area contributed by atoms with E-state index in [1.807, 2.05) is 0 Å². The molecule has 2 nitrogen and oxygen atoms in total. The maximum atomic E-state index is 2.41. The first-order valence-electron chi connectivity index (χ1n) is 14.1. The second-order valence-electron chi connectivity index (χ2n) is 11.4. The lowest BCUT2D eigenvalue weighted by Gasteiger charge is -2.56. The van der Waals surface area contributed by atoms with Crippen LogP contribution in [0.2, 0.25) is 0 Å². The molecule has 2 heteroatoms. The zero-order valence-corrected chi connectivity index (χ0v) is 22.6. The second kappa shape index (κ2) is 7.43. The third-order valence-corrected chi connectivity index (χ3v) is 9.95. The van der Waals surface area contributed by atoms with Gasteiger partial charge in [0.05, 0.1) is 10.8 Å². The Morgan fingerprint density at radius 1 is 0.350 bits per heavy atom. The molecule has 0 amide bonds. The summed E-state index contributed by atoms with van der Waals surface area (Å²) < 4.78 is 0. The van der Waals surface area contributed by atoms with Crippen molar-refractivity contribution in [2.75, 3.05) is 23.9 Å². The minimum Gasteiger partial charge on any atom is -0.344 e. The van der Waals surface area contributed by atoms with Gasteiger partial charge in [-0.3, -0.25) is 0 Å². The van der Waals surface area contributed by atoms with Crippen molar-refractivity contribution in [2.24, 2.45) is 0 Å². The summed E-state index contributed by atoms with van der Waals surface area (Å²) in [5, 5.41) is 2.68. The number of hydrogen-bond acceptors (Lipinski definition) is 2. The van der Waals surface area contributed by atoms with Gasteiger partial charge in [-0.1, -0.05) is 109 Å². The normalized spacial score (nSPS) is 16.6. The molecule has 0 fully saturated rings. The first kappa shape index (κ1) is 22.0. The molecule has 0 atom stereocenters. The highest BCUT2D eigenvalue weighted by Crippen LogP contribution is 2.72. The van der Waals surface area contributed by atoms with Gasteiger partial charge in [-0.25, -0.2) is 0 Å². The van der Waals surface area contributed by atoms with Crippen molar-refractivity contribution in [3.63, 3.8) is 0 Å². The third-order valence-electron chi connectivity index (χ3n) is 9.95. The number of benzene rings is 6. The Balaban J connectivity index is 1.63. The molecule has 0 radical (unpaired) electrons. The Labute approximate surface area is 234 Å². The van der Waals surface area contributed by atoms with E-state index in [1.165, 1.54) is 66.9 Å². The molecule has 6 aromatic carbocycles. The molecule has 1 aliphatic carbocycles.